The Morgan fingerprint density at radius 3 is 2.68 bits per heavy atom. The van der Waals surface area contributed by atoms with Crippen molar-refractivity contribution in [2.45, 2.75) is 25.9 Å². The molecule has 1 aromatic heterocycles. The Labute approximate surface area is 163 Å². The quantitative estimate of drug-likeness (QED) is 0.652. The largest absolute Gasteiger partial charge is 0.469 e. The smallest absolute Gasteiger partial charge is 0.307 e. The third-order valence-electron chi connectivity index (χ3n) is 4.83. The van der Waals surface area contributed by atoms with E-state index in [0.717, 1.165) is 5.56 Å². The molecule has 7 nitrogen and oxygen atoms in total. The van der Waals surface area contributed by atoms with Crippen LogP contribution in [0.4, 0.5) is 0 Å². The van der Waals surface area contributed by atoms with Crippen LogP contribution in [0.5, 0.6) is 0 Å². The highest BCUT2D eigenvalue weighted by Gasteiger charge is 2.36. The minimum absolute atomic E-state index is 0.0672. The molecule has 0 bridgehead atoms. The number of hydrogen-bond donors (Lipinski definition) is 0. The molecule has 2 aromatic rings. The second-order valence-corrected chi connectivity index (χ2v) is 6.83. The molecule has 3 rings (SSSR count). The summed E-state index contributed by atoms with van der Waals surface area (Å²) in [5, 5.41) is 0. The molecule has 1 aliphatic heterocycles. The number of likely N-dealkylation sites (tertiary alicyclic amines) is 1. The lowest BCUT2D eigenvalue weighted by molar-refractivity contribution is -0.142. The fraction of sp³-hybridized carbons (Fsp3) is 0.381. The highest BCUT2D eigenvalue weighted by atomic mass is 16.5. The Morgan fingerprint density at radius 2 is 2.00 bits per heavy atom. The number of amides is 2. The lowest BCUT2D eigenvalue weighted by atomic mass is 10.1. The summed E-state index contributed by atoms with van der Waals surface area (Å²) < 4.78 is 10.0. The Balaban J connectivity index is 1.67. The number of rotatable bonds is 8. The fourth-order valence-corrected chi connectivity index (χ4v) is 3.34. The van der Waals surface area contributed by atoms with Crippen LogP contribution in [-0.4, -0.2) is 47.8 Å². The average molecular weight is 384 g/mol. The minimum Gasteiger partial charge on any atom is -0.469 e. The molecular weight excluding hydrogens is 360 g/mol. The van der Waals surface area contributed by atoms with Crippen molar-refractivity contribution in [1.82, 2.24) is 9.80 Å². The average Bonchev–Trinajstić information content (AvgIpc) is 3.35. The fourth-order valence-electron chi connectivity index (χ4n) is 3.34. The van der Waals surface area contributed by atoms with E-state index in [-0.39, 0.29) is 37.2 Å². The summed E-state index contributed by atoms with van der Waals surface area (Å²) in [6.07, 6.45) is 1.85. The first-order valence-electron chi connectivity index (χ1n) is 9.26. The van der Waals surface area contributed by atoms with Crippen LogP contribution < -0.4 is 0 Å². The van der Waals surface area contributed by atoms with Crippen LogP contribution in [-0.2, 0) is 32.2 Å². The van der Waals surface area contributed by atoms with Gasteiger partial charge in [-0.05, 0) is 17.7 Å². The van der Waals surface area contributed by atoms with Gasteiger partial charge < -0.3 is 19.0 Å². The number of methoxy groups -OCH3 is 1. The zero-order valence-corrected chi connectivity index (χ0v) is 15.9. The number of nitrogens with zero attached hydrogens (tertiary/aromatic N) is 2. The topological polar surface area (TPSA) is 80.1 Å². The molecule has 1 unspecified atom stereocenters. The minimum atomic E-state index is -0.427. The Hall–Kier alpha value is -3.09. The van der Waals surface area contributed by atoms with Crippen molar-refractivity contribution < 1.29 is 23.5 Å². The molecule has 1 aliphatic rings. The standard InChI is InChI=1S/C21H24N2O5/c1-27-20(25)9-10-22(13-16-6-3-2-4-7-16)21(26)17-12-19(24)23(14-17)15-18-8-5-11-28-18/h2-8,11,17H,9-10,12-15H2,1H3. The van der Waals surface area contributed by atoms with Crippen LogP contribution in [0, 0.1) is 5.92 Å². The molecule has 7 heteroatoms. The van der Waals surface area contributed by atoms with Gasteiger partial charge in [0.2, 0.25) is 11.8 Å². The molecule has 1 fully saturated rings. The number of carbonyl (C=O) groups is 3. The van der Waals surface area contributed by atoms with Crippen molar-refractivity contribution in [2.75, 3.05) is 20.2 Å². The van der Waals surface area contributed by atoms with E-state index in [2.05, 4.69) is 0 Å². The highest BCUT2D eigenvalue weighted by molar-refractivity contribution is 5.89. The van der Waals surface area contributed by atoms with E-state index in [4.69, 9.17) is 9.15 Å². The Kier molecular flexibility index (Phi) is 6.47. The maximum absolute atomic E-state index is 13.1. The van der Waals surface area contributed by atoms with Crippen LogP contribution in [0.1, 0.15) is 24.2 Å². The Morgan fingerprint density at radius 1 is 1.21 bits per heavy atom. The van der Waals surface area contributed by atoms with Gasteiger partial charge in [-0.2, -0.15) is 0 Å². The molecule has 0 aliphatic carbocycles. The second kappa shape index (κ2) is 9.21. The van der Waals surface area contributed by atoms with Gasteiger partial charge in [0.15, 0.2) is 0 Å². The molecule has 0 saturated carbocycles. The monoisotopic (exact) mass is 384 g/mol. The predicted molar refractivity (Wildman–Crippen MR) is 101 cm³/mol. The van der Waals surface area contributed by atoms with Gasteiger partial charge in [0, 0.05) is 26.1 Å². The first-order valence-corrected chi connectivity index (χ1v) is 9.26. The summed E-state index contributed by atoms with van der Waals surface area (Å²) in [4.78, 5) is 40.3. The molecule has 2 heterocycles. The van der Waals surface area contributed by atoms with Gasteiger partial charge in [-0.15, -0.1) is 0 Å². The molecule has 1 aromatic carbocycles. The second-order valence-electron chi connectivity index (χ2n) is 6.83. The van der Waals surface area contributed by atoms with Crippen molar-refractivity contribution >= 4 is 17.8 Å². The van der Waals surface area contributed by atoms with Gasteiger partial charge in [0.25, 0.3) is 0 Å². The summed E-state index contributed by atoms with van der Waals surface area (Å²) in [6.45, 7) is 1.35. The van der Waals surface area contributed by atoms with Crippen LogP contribution in [0.25, 0.3) is 0 Å². The van der Waals surface area contributed by atoms with Crippen molar-refractivity contribution in [1.29, 1.82) is 0 Å². The van der Waals surface area contributed by atoms with Gasteiger partial charge in [-0.3, -0.25) is 14.4 Å². The van der Waals surface area contributed by atoms with Gasteiger partial charge in [0.05, 0.1) is 32.3 Å². The summed E-state index contributed by atoms with van der Waals surface area (Å²) >= 11 is 0. The van der Waals surface area contributed by atoms with Crippen LogP contribution >= 0.6 is 0 Å². The summed E-state index contributed by atoms with van der Waals surface area (Å²) in [5.74, 6) is -0.296. The van der Waals surface area contributed by atoms with Gasteiger partial charge in [-0.1, -0.05) is 30.3 Å². The van der Waals surface area contributed by atoms with Crippen molar-refractivity contribution in [2.24, 2.45) is 5.92 Å². The van der Waals surface area contributed by atoms with E-state index in [1.165, 1.54) is 7.11 Å². The number of carbonyl (C=O) groups excluding carboxylic acids is 3. The number of furan rings is 1. The number of ether oxygens (including phenoxy) is 1. The molecule has 28 heavy (non-hydrogen) atoms. The van der Waals surface area contributed by atoms with Crippen LogP contribution in [0.2, 0.25) is 0 Å². The molecule has 1 atom stereocenters. The number of hydrogen-bond acceptors (Lipinski definition) is 5. The lowest BCUT2D eigenvalue weighted by Crippen LogP contribution is -2.38. The van der Waals surface area contributed by atoms with Crippen molar-refractivity contribution in [3.63, 3.8) is 0 Å². The summed E-state index contributed by atoms with van der Waals surface area (Å²) in [5.41, 5.74) is 0.970. The molecule has 0 N–H and O–H groups in total. The normalized spacial score (nSPS) is 16.2. The van der Waals surface area contributed by atoms with Crippen LogP contribution in [0.3, 0.4) is 0 Å². The Bertz CT molecular complexity index is 803. The SMILES string of the molecule is COC(=O)CCN(Cc1ccccc1)C(=O)C1CC(=O)N(Cc2ccco2)C1. The zero-order valence-electron chi connectivity index (χ0n) is 15.9. The lowest BCUT2D eigenvalue weighted by Gasteiger charge is -2.25. The van der Waals surface area contributed by atoms with Gasteiger partial charge in [-0.25, -0.2) is 0 Å². The van der Waals surface area contributed by atoms with Crippen molar-refractivity contribution in [3.8, 4) is 0 Å². The first kappa shape index (κ1) is 19.7. The van der Waals surface area contributed by atoms with Crippen LogP contribution in [0.15, 0.2) is 53.1 Å². The van der Waals surface area contributed by atoms with Crippen molar-refractivity contribution in [3.05, 3.63) is 60.1 Å². The summed E-state index contributed by atoms with van der Waals surface area (Å²) in [7, 11) is 1.33. The van der Waals surface area contributed by atoms with E-state index in [0.29, 0.717) is 25.4 Å². The van der Waals surface area contributed by atoms with E-state index >= 15 is 0 Å². The molecule has 2 amide bonds. The predicted octanol–water partition coefficient (Wildman–Crippen LogP) is 2.22. The molecule has 0 radical (unpaired) electrons. The molecular formula is C21H24N2O5. The maximum Gasteiger partial charge on any atom is 0.307 e. The van der Waals surface area contributed by atoms with Gasteiger partial charge >= 0.3 is 5.97 Å². The molecule has 1 saturated heterocycles. The van der Waals surface area contributed by atoms with E-state index < -0.39 is 5.92 Å². The molecule has 0 spiro atoms. The highest BCUT2D eigenvalue weighted by Crippen LogP contribution is 2.23. The van der Waals surface area contributed by atoms with E-state index in [1.807, 2.05) is 30.3 Å². The first-order chi connectivity index (χ1) is 13.6. The molecule has 148 valence electrons. The number of esters is 1. The van der Waals surface area contributed by atoms with E-state index in [9.17, 15) is 14.4 Å². The maximum atomic E-state index is 13.1. The number of benzene rings is 1. The third-order valence-corrected chi connectivity index (χ3v) is 4.83. The summed E-state index contributed by atoms with van der Waals surface area (Å²) in [6, 6.07) is 13.2. The zero-order chi connectivity index (χ0) is 19.9. The van der Waals surface area contributed by atoms with Gasteiger partial charge in [0.1, 0.15) is 5.76 Å². The third kappa shape index (κ3) is 5.00. The van der Waals surface area contributed by atoms with E-state index in [1.54, 1.807) is 28.2 Å².